The number of hydrogen-bond donors (Lipinski definition) is 0. The first-order valence-corrected chi connectivity index (χ1v) is 5.47. The number of rotatable bonds is 2. The highest BCUT2D eigenvalue weighted by molar-refractivity contribution is 9.09. The van der Waals surface area contributed by atoms with Crippen LogP contribution in [0.1, 0.15) is 39.0 Å². The van der Waals surface area contributed by atoms with E-state index in [1.165, 1.54) is 6.42 Å². The van der Waals surface area contributed by atoms with Gasteiger partial charge >= 0.3 is 5.97 Å². The van der Waals surface area contributed by atoms with E-state index in [-0.39, 0.29) is 12.1 Å². The van der Waals surface area contributed by atoms with Crippen molar-refractivity contribution in [2.75, 3.05) is 0 Å². The largest absolute Gasteiger partial charge is 0.462 e. The van der Waals surface area contributed by atoms with Gasteiger partial charge in [-0.2, -0.15) is 0 Å². The molecule has 1 rings (SSSR count). The van der Waals surface area contributed by atoms with Gasteiger partial charge in [-0.25, -0.2) is 0 Å². The lowest BCUT2D eigenvalue weighted by atomic mass is 9.98. The Hall–Kier alpha value is -0.0500. The third kappa shape index (κ3) is 3.13. The minimum Gasteiger partial charge on any atom is -0.462 e. The fourth-order valence-corrected chi connectivity index (χ4v) is 2.20. The maximum Gasteiger partial charge on any atom is 0.305 e. The third-order valence-electron chi connectivity index (χ3n) is 2.15. The van der Waals surface area contributed by atoms with Crippen LogP contribution in [0.15, 0.2) is 0 Å². The van der Waals surface area contributed by atoms with E-state index in [0.29, 0.717) is 11.2 Å². The summed E-state index contributed by atoms with van der Waals surface area (Å²) in [5.41, 5.74) is 0. The molecule has 12 heavy (non-hydrogen) atoms. The summed E-state index contributed by atoms with van der Waals surface area (Å²) in [5.74, 6) is -0.0680. The van der Waals surface area contributed by atoms with E-state index in [9.17, 15) is 4.79 Å². The highest BCUT2D eigenvalue weighted by atomic mass is 79.9. The number of ether oxygens (including phenoxy) is 1. The smallest absolute Gasteiger partial charge is 0.305 e. The van der Waals surface area contributed by atoms with Gasteiger partial charge < -0.3 is 4.74 Å². The van der Waals surface area contributed by atoms with Crippen molar-refractivity contribution in [2.24, 2.45) is 0 Å². The Labute approximate surface area is 81.8 Å². The Balaban J connectivity index is 2.27. The number of carbonyl (C=O) groups is 1. The Morgan fingerprint density at radius 2 is 2.33 bits per heavy atom. The molecule has 0 aromatic heterocycles. The van der Waals surface area contributed by atoms with Crippen molar-refractivity contribution in [3.05, 3.63) is 0 Å². The molecule has 2 unspecified atom stereocenters. The molecule has 0 aliphatic heterocycles. The van der Waals surface area contributed by atoms with Gasteiger partial charge in [-0.1, -0.05) is 22.9 Å². The summed E-state index contributed by atoms with van der Waals surface area (Å²) in [5, 5.41) is 0. The van der Waals surface area contributed by atoms with Gasteiger partial charge in [-0.15, -0.1) is 0 Å². The Bertz CT molecular complexity index is 159. The molecule has 1 fully saturated rings. The fraction of sp³-hybridized carbons (Fsp3) is 0.889. The molecule has 0 aromatic carbocycles. The van der Waals surface area contributed by atoms with E-state index in [1.807, 2.05) is 6.92 Å². The van der Waals surface area contributed by atoms with E-state index in [4.69, 9.17) is 4.74 Å². The average molecular weight is 235 g/mol. The Morgan fingerprint density at radius 1 is 1.58 bits per heavy atom. The topological polar surface area (TPSA) is 26.3 Å². The summed E-state index contributed by atoms with van der Waals surface area (Å²) >= 11 is 3.55. The average Bonchev–Trinajstić information content (AvgIpc) is 2.04. The zero-order chi connectivity index (χ0) is 8.97. The molecule has 0 N–H and O–H groups in total. The van der Waals surface area contributed by atoms with Crippen LogP contribution in [0.4, 0.5) is 0 Å². The van der Waals surface area contributed by atoms with E-state index < -0.39 is 0 Å². The van der Waals surface area contributed by atoms with Crippen LogP contribution in [-0.2, 0) is 9.53 Å². The van der Waals surface area contributed by atoms with Gasteiger partial charge in [0.1, 0.15) is 6.10 Å². The second kappa shape index (κ2) is 4.85. The van der Waals surface area contributed by atoms with Crippen LogP contribution in [-0.4, -0.2) is 16.9 Å². The monoisotopic (exact) mass is 234 g/mol. The predicted molar refractivity (Wildman–Crippen MR) is 51.4 cm³/mol. The predicted octanol–water partition coefficient (Wildman–Crippen LogP) is 2.65. The summed E-state index contributed by atoms with van der Waals surface area (Å²) < 4.78 is 5.24. The van der Waals surface area contributed by atoms with E-state index in [2.05, 4.69) is 15.9 Å². The molecule has 0 amide bonds. The maximum absolute atomic E-state index is 10.9. The Morgan fingerprint density at radius 3 is 2.92 bits per heavy atom. The van der Waals surface area contributed by atoms with Crippen LogP contribution in [0.25, 0.3) is 0 Å². The zero-order valence-electron chi connectivity index (χ0n) is 7.38. The van der Waals surface area contributed by atoms with Crippen LogP contribution in [0.3, 0.4) is 0 Å². The molecule has 3 heteroatoms. The summed E-state index contributed by atoms with van der Waals surface area (Å²) in [6.45, 7) is 1.83. The number of esters is 1. The second-order valence-corrected chi connectivity index (χ2v) is 4.52. The molecule has 70 valence electrons. The van der Waals surface area contributed by atoms with Gasteiger partial charge in [-0.3, -0.25) is 4.79 Å². The summed E-state index contributed by atoms with van der Waals surface area (Å²) in [4.78, 5) is 11.5. The maximum atomic E-state index is 10.9. The first kappa shape index (κ1) is 10.0. The van der Waals surface area contributed by atoms with Crippen LogP contribution < -0.4 is 0 Å². The lowest BCUT2D eigenvalue weighted by Crippen LogP contribution is -2.25. The van der Waals surface area contributed by atoms with Crippen molar-refractivity contribution < 1.29 is 9.53 Å². The number of carbonyl (C=O) groups excluding carboxylic acids is 1. The number of hydrogen-bond acceptors (Lipinski definition) is 2. The quantitative estimate of drug-likeness (QED) is 0.543. The minimum atomic E-state index is -0.0680. The molecule has 0 radical (unpaired) electrons. The zero-order valence-corrected chi connectivity index (χ0v) is 8.97. The van der Waals surface area contributed by atoms with Gasteiger partial charge in [0.25, 0.3) is 0 Å². The molecule has 0 saturated heterocycles. The molecule has 2 nitrogen and oxygen atoms in total. The first-order valence-electron chi connectivity index (χ1n) is 4.56. The minimum absolute atomic E-state index is 0.0680. The van der Waals surface area contributed by atoms with E-state index in [0.717, 1.165) is 19.3 Å². The van der Waals surface area contributed by atoms with Gasteiger partial charge in [0.15, 0.2) is 0 Å². The van der Waals surface area contributed by atoms with E-state index >= 15 is 0 Å². The lowest BCUT2D eigenvalue weighted by molar-refractivity contribution is -0.149. The van der Waals surface area contributed by atoms with Crippen molar-refractivity contribution in [1.82, 2.24) is 0 Å². The van der Waals surface area contributed by atoms with Crippen molar-refractivity contribution in [3.8, 4) is 0 Å². The molecule has 1 aliphatic rings. The van der Waals surface area contributed by atoms with Crippen molar-refractivity contribution in [2.45, 2.75) is 50.0 Å². The summed E-state index contributed by atoms with van der Waals surface area (Å²) in [7, 11) is 0. The molecule has 1 aliphatic carbocycles. The number of alkyl halides is 1. The molecule has 0 bridgehead atoms. The second-order valence-electron chi connectivity index (χ2n) is 3.23. The standard InChI is InChI=1S/C9H15BrO2/c1-2-9(11)12-8-5-3-4-7(10)6-8/h7-8H,2-6H2,1H3. The SMILES string of the molecule is CCC(=O)OC1CCCC(Br)C1. The van der Waals surface area contributed by atoms with Crippen molar-refractivity contribution in [3.63, 3.8) is 0 Å². The normalized spacial score (nSPS) is 29.8. The molecule has 0 heterocycles. The van der Waals surface area contributed by atoms with Gasteiger partial charge in [0.2, 0.25) is 0 Å². The molecule has 2 atom stereocenters. The molecular formula is C9H15BrO2. The summed E-state index contributed by atoms with van der Waals surface area (Å²) in [6.07, 6.45) is 5.04. The van der Waals surface area contributed by atoms with Crippen LogP contribution in [0, 0.1) is 0 Å². The van der Waals surface area contributed by atoms with Crippen molar-refractivity contribution in [1.29, 1.82) is 0 Å². The highest BCUT2D eigenvalue weighted by Gasteiger charge is 2.22. The van der Waals surface area contributed by atoms with Crippen LogP contribution in [0.5, 0.6) is 0 Å². The first-order chi connectivity index (χ1) is 5.72. The number of halogens is 1. The third-order valence-corrected chi connectivity index (χ3v) is 2.98. The highest BCUT2D eigenvalue weighted by Crippen LogP contribution is 2.26. The lowest BCUT2D eigenvalue weighted by Gasteiger charge is -2.25. The van der Waals surface area contributed by atoms with Crippen molar-refractivity contribution >= 4 is 21.9 Å². The van der Waals surface area contributed by atoms with Gasteiger partial charge in [0, 0.05) is 11.2 Å². The van der Waals surface area contributed by atoms with E-state index in [1.54, 1.807) is 0 Å². The van der Waals surface area contributed by atoms with Gasteiger partial charge in [-0.05, 0) is 25.7 Å². The molecular weight excluding hydrogens is 220 g/mol. The summed E-state index contributed by atoms with van der Waals surface area (Å²) in [6, 6.07) is 0. The molecule has 0 spiro atoms. The molecule has 1 saturated carbocycles. The fourth-order valence-electron chi connectivity index (χ4n) is 1.46. The van der Waals surface area contributed by atoms with Gasteiger partial charge in [0.05, 0.1) is 0 Å². The Kier molecular flexibility index (Phi) is 4.06. The van der Waals surface area contributed by atoms with Crippen LogP contribution >= 0.6 is 15.9 Å². The molecule has 0 aromatic rings. The van der Waals surface area contributed by atoms with Crippen LogP contribution in [0.2, 0.25) is 0 Å².